The van der Waals surface area contributed by atoms with Gasteiger partial charge in [-0.25, -0.2) is 0 Å². The molecule has 0 spiro atoms. The Labute approximate surface area is 123 Å². The van der Waals surface area contributed by atoms with Crippen LogP contribution in [0.3, 0.4) is 0 Å². The molecule has 3 rings (SSSR count). The Kier molecular flexibility index (Phi) is 2.91. The summed E-state index contributed by atoms with van der Waals surface area (Å²) in [4.78, 5) is 23.8. The number of hydrogen-bond acceptors (Lipinski definition) is 2. The summed E-state index contributed by atoms with van der Waals surface area (Å²) in [6, 6.07) is 0. The highest BCUT2D eigenvalue weighted by atomic mass is 16.4. The third kappa shape index (κ3) is 1.62. The van der Waals surface area contributed by atoms with Gasteiger partial charge in [0.15, 0.2) is 0 Å². The largest absolute Gasteiger partial charge is 0.481 e. The van der Waals surface area contributed by atoms with Crippen molar-refractivity contribution in [3.63, 3.8) is 0 Å². The summed E-state index contributed by atoms with van der Waals surface area (Å²) in [6.45, 7) is 3.18. The number of rotatable bonds is 2. The minimum absolute atomic E-state index is 0.379. The zero-order chi connectivity index (χ0) is 15.4. The molecule has 21 heavy (non-hydrogen) atoms. The van der Waals surface area contributed by atoms with Crippen LogP contribution in [0.5, 0.6) is 0 Å². The lowest BCUT2D eigenvalue weighted by atomic mass is 9.55. The fraction of sp³-hybridized carbons (Fsp3) is 0.529. The highest BCUT2D eigenvalue weighted by molar-refractivity contribution is 5.90. The molecule has 3 aliphatic rings. The number of allylic oxidation sites excluding steroid dienone is 5. The number of carboxylic acid groups (broad SMARTS) is 2. The van der Waals surface area contributed by atoms with Crippen molar-refractivity contribution in [2.45, 2.75) is 46.0 Å². The van der Waals surface area contributed by atoms with Gasteiger partial charge in [-0.2, -0.15) is 0 Å². The zero-order valence-corrected chi connectivity index (χ0v) is 12.4. The molecule has 0 aromatic rings. The van der Waals surface area contributed by atoms with Crippen LogP contribution in [0.2, 0.25) is 0 Å². The van der Waals surface area contributed by atoms with Crippen molar-refractivity contribution in [2.75, 3.05) is 0 Å². The normalized spacial score (nSPS) is 34.8. The fourth-order valence-corrected chi connectivity index (χ4v) is 4.13. The fourth-order valence-electron chi connectivity index (χ4n) is 4.13. The van der Waals surface area contributed by atoms with Gasteiger partial charge in [0.2, 0.25) is 0 Å². The maximum atomic E-state index is 12.0. The van der Waals surface area contributed by atoms with Crippen molar-refractivity contribution >= 4 is 11.9 Å². The van der Waals surface area contributed by atoms with Crippen molar-refractivity contribution in [1.29, 1.82) is 0 Å². The molecule has 0 aromatic carbocycles. The highest BCUT2D eigenvalue weighted by Crippen LogP contribution is 2.59. The number of hydrogen-bond donors (Lipinski definition) is 2. The van der Waals surface area contributed by atoms with Crippen LogP contribution in [-0.4, -0.2) is 22.2 Å². The molecule has 0 heterocycles. The molecule has 0 aliphatic heterocycles. The van der Waals surface area contributed by atoms with Crippen molar-refractivity contribution in [3.8, 4) is 0 Å². The molecule has 0 saturated heterocycles. The molecule has 112 valence electrons. The van der Waals surface area contributed by atoms with E-state index in [1.807, 2.05) is 0 Å². The Morgan fingerprint density at radius 3 is 2.43 bits per heavy atom. The van der Waals surface area contributed by atoms with Crippen LogP contribution in [0.25, 0.3) is 0 Å². The first-order valence-electron chi connectivity index (χ1n) is 7.40. The summed E-state index contributed by atoms with van der Waals surface area (Å²) < 4.78 is 0. The number of carboxylic acids is 2. The summed E-state index contributed by atoms with van der Waals surface area (Å²) >= 11 is 0. The summed E-state index contributed by atoms with van der Waals surface area (Å²) in [5, 5.41) is 19.5. The predicted molar refractivity (Wildman–Crippen MR) is 77.8 cm³/mol. The predicted octanol–water partition coefficient (Wildman–Crippen LogP) is 3.31. The standard InChI is InChI=1S/C17H20O4/c1-16(14(18)19)8-7-12-11-6-4-3-5-10(11)9-13(12)17(16,2)15(20)21/h3,5H,4,6-9H2,1-2H3,(H,18,19)(H,20,21). The molecule has 2 N–H and O–H groups in total. The lowest BCUT2D eigenvalue weighted by Crippen LogP contribution is -2.52. The van der Waals surface area contributed by atoms with Crippen molar-refractivity contribution in [2.24, 2.45) is 10.8 Å². The third-order valence-corrected chi connectivity index (χ3v) is 5.85. The van der Waals surface area contributed by atoms with Crippen molar-refractivity contribution in [3.05, 3.63) is 34.4 Å². The van der Waals surface area contributed by atoms with Gasteiger partial charge in [-0.1, -0.05) is 12.2 Å². The van der Waals surface area contributed by atoms with Gasteiger partial charge in [-0.15, -0.1) is 0 Å². The van der Waals surface area contributed by atoms with E-state index in [2.05, 4.69) is 12.2 Å². The van der Waals surface area contributed by atoms with E-state index in [1.165, 1.54) is 11.1 Å². The smallest absolute Gasteiger partial charge is 0.314 e. The lowest BCUT2D eigenvalue weighted by molar-refractivity contribution is -0.169. The molecule has 4 nitrogen and oxygen atoms in total. The van der Waals surface area contributed by atoms with E-state index in [9.17, 15) is 19.8 Å². The molecule has 0 aromatic heterocycles. The van der Waals surface area contributed by atoms with Gasteiger partial charge in [-0.05, 0) is 68.2 Å². The number of fused-ring (bicyclic) bond motifs is 1. The maximum Gasteiger partial charge on any atom is 0.314 e. The summed E-state index contributed by atoms with van der Waals surface area (Å²) in [5.41, 5.74) is 1.81. The second kappa shape index (κ2) is 4.33. The van der Waals surface area contributed by atoms with Crippen LogP contribution in [0, 0.1) is 10.8 Å². The topological polar surface area (TPSA) is 74.6 Å². The molecule has 2 atom stereocenters. The Balaban J connectivity index is 2.16. The van der Waals surface area contributed by atoms with E-state index in [1.54, 1.807) is 13.8 Å². The van der Waals surface area contributed by atoms with Crippen LogP contribution < -0.4 is 0 Å². The van der Waals surface area contributed by atoms with E-state index < -0.39 is 22.8 Å². The Morgan fingerprint density at radius 2 is 1.81 bits per heavy atom. The SMILES string of the molecule is CC1(C(=O)O)CCC2=C(CC3=C2CCC=C3)C1(C)C(=O)O. The van der Waals surface area contributed by atoms with Crippen molar-refractivity contribution in [1.82, 2.24) is 0 Å². The molecule has 0 radical (unpaired) electrons. The van der Waals surface area contributed by atoms with E-state index in [0.717, 1.165) is 24.0 Å². The number of aliphatic carboxylic acids is 2. The van der Waals surface area contributed by atoms with E-state index >= 15 is 0 Å². The Morgan fingerprint density at radius 1 is 1.10 bits per heavy atom. The zero-order valence-electron chi connectivity index (χ0n) is 12.4. The average molecular weight is 288 g/mol. The molecular weight excluding hydrogens is 268 g/mol. The molecule has 2 unspecified atom stereocenters. The van der Waals surface area contributed by atoms with Gasteiger partial charge in [-0.3, -0.25) is 9.59 Å². The van der Waals surface area contributed by atoms with Gasteiger partial charge < -0.3 is 10.2 Å². The number of carbonyl (C=O) groups is 2. The van der Waals surface area contributed by atoms with Gasteiger partial charge in [0.05, 0.1) is 5.41 Å². The van der Waals surface area contributed by atoms with E-state index in [0.29, 0.717) is 19.3 Å². The Bertz CT molecular complexity index is 637. The van der Waals surface area contributed by atoms with Gasteiger partial charge >= 0.3 is 11.9 Å². The molecule has 4 heteroatoms. The molecule has 0 saturated carbocycles. The van der Waals surface area contributed by atoms with E-state index in [-0.39, 0.29) is 0 Å². The second-order valence-electron chi connectivity index (χ2n) is 6.65. The first kappa shape index (κ1) is 14.1. The second-order valence-corrected chi connectivity index (χ2v) is 6.65. The van der Waals surface area contributed by atoms with Crippen LogP contribution in [-0.2, 0) is 9.59 Å². The summed E-state index contributed by atoms with van der Waals surface area (Å²) in [7, 11) is 0. The third-order valence-electron chi connectivity index (χ3n) is 5.85. The average Bonchev–Trinajstić information content (AvgIpc) is 2.82. The minimum Gasteiger partial charge on any atom is -0.481 e. The maximum absolute atomic E-state index is 12.0. The molecule has 0 bridgehead atoms. The Hall–Kier alpha value is -1.84. The minimum atomic E-state index is -1.34. The van der Waals surface area contributed by atoms with Crippen LogP contribution in [0.1, 0.15) is 46.0 Å². The molecular formula is C17H20O4. The molecule has 0 fully saturated rings. The van der Waals surface area contributed by atoms with Crippen LogP contribution in [0.4, 0.5) is 0 Å². The van der Waals surface area contributed by atoms with Gasteiger partial charge in [0.1, 0.15) is 5.41 Å². The first-order valence-corrected chi connectivity index (χ1v) is 7.40. The monoisotopic (exact) mass is 288 g/mol. The van der Waals surface area contributed by atoms with Crippen molar-refractivity contribution < 1.29 is 19.8 Å². The van der Waals surface area contributed by atoms with Crippen LogP contribution >= 0.6 is 0 Å². The summed E-state index contributed by atoms with van der Waals surface area (Å²) in [5.74, 6) is -2.04. The van der Waals surface area contributed by atoms with Crippen LogP contribution in [0.15, 0.2) is 34.4 Å². The summed E-state index contributed by atoms with van der Waals surface area (Å²) in [6.07, 6.45) is 7.77. The molecule has 0 amide bonds. The van der Waals surface area contributed by atoms with Gasteiger partial charge in [0.25, 0.3) is 0 Å². The van der Waals surface area contributed by atoms with Gasteiger partial charge in [0, 0.05) is 0 Å². The quantitative estimate of drug-likeness (QED) is 0.817. The highest BCUT2D eigenvalue weighted by Gasteiger charge is 2.60. The molecule has 3 aliphatic carbocycles. The lowest BCUT2D eigenvalue weighted by Gasteiger charge is -2.45. The van der Waals surface area contributed by atoms with E-state index in [4.69, 9.17) is 0 Å². The first-order chi connectivity index (χ1) is 9.82.